The fourth-order valence-electron chi connectivity index (χ4n) is 2.18. The fourth-order valence-corrected chi connectivity index (χ4v) is 2.18. The van der Waals surface area contributed by atoms with Crippen LogP contribution in [0.1, 0.15) is 18.2 Å². The van der Waals surface area contributed by atoms with Crippen LogP contribution >= 0.6 is 0 Å². The van der Waals surface area contributed by atoms with Gasteiger partial charge in [-0.1, -0.05) is 6.08 Å². The van der Waals surface area contributed by atoms with Crippen molar-refractivity contribution in [1.82, 2.24) is 0 Å². The number of benzene rings is 1. The van der Waals surface area contributed by atoms with E-state index in [4.69, 9.17) is 23.4 Å². The lowest BCUT2D eigenvalue weighted by Gasteiger charge is -2.12. The Balaban J connectivity index is 2.37. The van der Waals surface area contributed by atoms with Gasteiger partial charge >= 0.3 is 5.63 Å². The van der Waals surface area contributed by atoms with Crippen molar-refractivity contribution in [2.45, 2.75) is 6.92 Å². The van der Waals surface area contributed by atoms with Crippen molar-refractivity contribution < 1.29 is 23.4 Å². The van der Waals surface area contributed by atoms with Crippen LogP contribution in [0.5, 0.6) is 23.0 Å². The van der Waals surface area contributed by atoms with Crippen molar-refractivity contribution in [2.75, 3.05) is 27.9 Å². The van der Waals surface area contributed by atoms with E-state index in [1.165, 1.54) is 6.07 Å². The Morgan fingerprint density at radius 2 is 1.62 bits per heavy atom. The number of ether oxygens (including phenoxy) is 4. The van der Waals surface area contributed by atoms with E-state index in [9.17, 15) is 4.79 Å². The molecule has 6 heteroatoms. The second-order valence-electron chi connectivity index (χ2n) is 4.74. The Labute approximate surface area is 140 Å². The number of hydrogen-bond donors (Lipinski definition) is 0. The predicted molar refractivity (Wildman–Crippen MR) is 91.2 cm³/mol. The molecule has 24 heavy (non-hydrogen) atoms. The lowest BCUT2D eigenvalue weighted by atomic mass is 10.1. The average Bonchev–Trinajstić information content (AvgIpc) is 2.58. The lowest BCUT2D eigenvalue weighted by Crippen LogP contribution is -2.01. The van der Waals surface area contributed by atoms with Crippen LogP contribution in [0.3, 0.4) is 0 Å². The molecule has 0 unspecified atom stereocenters. The van der Waals surface area contributed by atoms with Gasteiger partial charge in [0.2, 0.25) is 5.75 Å². The van der Waals surface area contributed by atoms with Crippen LogP contribution in [0.4, 0.5) is 0 Å². The highest BCUT2D eigenvalue weighted by atomic mass is 16.5. The Morgan fingerprint density at radius 3 is 2.17 bits per heavy atom. The molecule has 0 radical (unpaired) electrons. The van der Waals surface area contributed by atoms with Crippen molar-refractivity contribution in [1.29, 1.82) is 0 Å². The summed E-state index contributed by atoms with van der Waals surface area (Å²) in [4.78, 5) is 11.5. The van der Waals surface area contributed by atoms with Gasteiger partial charge < -0.3 is 23.4 Å². The molecule has 0 saturated carbocycles. The van der Waals surface area contributed by atoms with Gasteiger partial charge in [0, 0.05) is 6.07 Å². The van der Waals surface area contributed by atoms with Crippen molar-refractivity contribution >= 4 is 12.2 Å². The minimum Gasteiger partial charge on any atom is -0.493 e. The Hall–Kier alpha value is -2.89. The first-order valence-corrected chi connectivity index (χ1v) is 7.37. The molecule has 1 aromatic heterocycles. The molecule has 0 aliphatic rings. The summed E-state index contributed by atoms with van der Waals surface area (Å²) in [6, 6.07) is 6.55. The molecule has 128 valence electrons. The summed E-state index contributed by atoms with van der Waals surface area (Å²) in [6.45, 7) is 2.32. The Bertz CT molecular complexity index is 750. The van der Waals surface area contributed by atoms with E-state index in [0.717, 1.165) is 5.56 Å². The van der Waals surface area contributed by atoms with Gasteiger partial charge in [-0.25, -0.2) is 4.79 Å². The summed E-state index contributed by atoms with van der Waals surface area (Å²) in [5, 5.41) is 0. The fraction of sp³-hybridized carbons (Fsp3) is 0.278. The van der Waals surface area contributed by atoms with E-state index in [1.54, 1.807) is 51.7 Å². The van der Waals surface area contributed by atoms with Crippen LogP contribution < -0.4 is 24.6 Å². The maximum Gasteiger partial charge on any atom is 0.339 e. The van der Waals surface area contributed by atoms with Crippen molar-refractivity contribution in [3.05, 3.63) is 46.0 Å². The highest BCUT2D eigenvalue weighted by Gasteiger charge is 2.12. The summed E-state index contributed by atoms with van der Waals surface area (Å²) >= 11 is 0. The van der Waals surface area contributed by atoms with Gasteiger partial charge in [-0.3, -0.25) is 0 Å². The first kappa shape index (κ1) is 17.5. The third kappa shape index (κ3) is 4.10. The van der Waals surface area contributed by atoms with E-state index in [0.29, 0.717) is 35.4 Å². The van der Waals surface area contributed by atoms with Crippen LogP contribution in [0, 0.1) is 0 Å². The van der Waals surface area contributed by atoms with Gasteiger partial charge in [0.25, 0.3) is 0 Å². The van der Waals surface area contributed by atoms with E-state index >= 15 is 0 Å². The second kappa shape index (κ2) is 8.10. The molecule has 0 spiro atoms. The van der Waals surface area contributed by atoms with Crippen LogP contribution in [0.25, 0.3) is 12.2 Å². The largest absolute Gasteiger partial charge is 0.493 e. The topological polar surface area (TPSA) is 67.1 Å². The van der Waals surface area contributed by atoms with Crippen molar-refractivity contribution in [3.63, 3.8) is 0 Å². The molecule has 2 aromatic rings. The zero-order chi connectivity index (χ0) is 17.5. The number of hydrogen-bond acceptors (Lipinski definition) is 6. The normalized spacial score (nSPS) is 10.7. The molecule has 1 aromatic carbocycles. The first-order chi connectivity index (χ1) is 11.6. The van der Waals surface area contributed by atoms with Gasteiger partial charge in [-0.05, 0) is 30.7 Å². The van der Waals surface area contributed by atoms with Crippen molar-refractivity contribution in [2.24, 2.45) is 0 Å². The zero-order valence-electron chi connectivity index (χ0n) is 14.1. The zero-order valence-corrected chi connectivity index (χ0v) is 14.1. The molecular weight excluding hydrogens is 312 g/mol. The Morgan fingerprint density at radius 1 is 0.958 bits per heavy atom. The predicted octanol–water partition coefficient (Wildman–Crippen LogP) is 3.23. The smallest absolute Gasteiger partial charge is 0.339 e. The van der Waals surface area contributed by atoms with E-state index in [2.05, 4.69) is 0 Å². The van der Waals surface area contributed by atoms with Gasteiger partial charge in [0.15, 0.2) is 11.5 Å². The number of rotatable bonds is 7. The first-order valence-electron chi connectivity index (χ1n) is 7.37. The maximum atomic E-state index is 11.5. The summed E-state index contributed by atoms with van der Waals surface area (Å²) in [7, 11) is 4.65. The van der Waals surface area contributed by atoms with Gasteiger partial charge in [-0.2, -0.15) is 0 Å². The third-order valence-corrected chi connectivity index (χ3v) is 3.20. The summed E-state index contributed by atoms with van der Waals surface area (Å²) in [5.74, 6) is 2.46. The molecule has 0 fully saturated rings. The van der Waals surface area contributed by atoms with E-state index in [1.807, 2.05) is 6.92 Å². The molecule has 0 amide bonds. The van der Waals surface area contributed by atoms with Crippen molar-refractivity contribution in [3.8, 4) is 23.0 Å². The molecule has 0 aliphatic heterocycles. The number of methoxy groups -OCH3 is 3. The SMILES string of the molecule is CCOc1cc(/C=C/c2cc(OC)c(OC)c(OC)c2)oc(=O)c1. The quantitative estimate of drug-likeness (QED) is 0.775. The molecule has 2 rings (SSSR count). The maximum absolute atomic E-state index is 11.5. The van der Waals surface area contributed by atoms with Crippen LogP contribution in [-0.2, 0) is 0 Å². The molecule has 0 bridgehead atoms. The van der Waals surface area contributed by atoms with E-state index in [-0.39, 0.29) is 0 Å². The average molecular weight is 332 g/mol. The van der Waals surface area contributed by atoms with Gasteiger partial charge in [0.05, 0.1) is 34.0 Å². The van der Waals surface area contributed by atoms with Gasteiger partial charge in [-0.15, -0.1) is 0 Å². The summed E-state index contributed by atoms with van der Waals surface area (Å²) < 4.78 is 26.4. The molecule has 0 aliphatic carbocycles. The molecular formula is C18H20O6. The highest BCUT2D eigenvalue weighted by Crippen LogP contribution is 2.38. The third-order valence-electron chi connectivity index (χ3n) is 3.20. The molecule has 0 saturated heterocycles. The molecule has 0 atom stereocenters. The van der Waals surface area contributed by atoms with Crippen LogP contribution in [0.15, 0.2) is 33.5 Å². The Kier molecular flexibility index (Phi) is 5.89. The summed E-state index contributed by atoms with van der Waals surface area (Å²) in [5.41, 5.74) is 0.333. The van der Waals surface area contributed by atoms with Crippen LogP contribution in [-0.4, -0.2) is 27.9 Å². The second-order valence-corrected chi connectivity index (χ2v) is 4.74. The van der Waals surface area contributed by atoms with Crippen LogP contribution in [0.2, 0.25) is 0 Å². The van der Waals surface area contributed by atoms with E-state index < -0.39 is 5.63 Å². The van der Waals surface area contributed by atoms with Gasteiger partial charge in [0.1, 0.15) is 11.5 Å². The molecule has 0 N–H and O–H groups in total. The molecule has 1 heterocycles. The summed E-state index contributed by atoms with van der Waals surface area (Å²) in [6.07, 6.45) is 3.45. The molecule has 6 nitrogen and oxygen atoms in total. The standard InChI is InChI=1S/C18H20O6/c1-5-23-14-10-13(24-17(19)11-14)7-6-12-8-15(20-2)18(22-4)16(9-12)21-3/h6-11H,5H2,1-4H3/b7-6+. The highest BCUT2D eigenvalue weighted by molar-refractivity contribution is 5.71. The monoisotopic (exact) mass is 332 g/mol. The minimum atomic E-state index is -0.467. The lowest BCUT2D eigenvalue weighted by molar-refractivity contribution is 0.324. The minimum absolute atomic E-state index is 0.389.